The van der Waals surface area contributed by atoms with Crippen LogP contribution in [0.25, 0.3) is 0 Å². The maximum atomic E-state index is 12.9. The number of carbonyl (C=O) groups is 4. The van der Waals surface area contributed by atoms with Gasteiger partial charge in [0.25, 0.3) is 17.7 Å². The standard InChI is InChI=1S/C24H23BrN2O5/c1-14-11-16(25)8-10-20(14)26-21(28)13-32-24(31)15-7-9-18-19(12-15)23(30)27(22(18)29)17-5-3-2-4-6-17/h7-12,17H,2-6,13H2,1H3,(H,26,28). The van der Waals surface area contributed by atoms with Crippen molar-refractivity contribution in [2.75, 3.05) is 11.9 Å². The lowest BCUT2D eigenvalue weighted by atomic mass is 9.94. The number of fused-ring (bicyclic) bond motifs is 1. The molecule has 4 rings (SSSR count). The number of amides is 3. The minimum Gasteiger partial charge on any atom is -0.452 e. The second-order valence-electron chi connectivity index (χ2n) is 8.12. The SMILES string of the molecule is Cc1cc(Br)ccc1NC(=O)COC(=O)c1ccc2c(c1)C(=O)N(C1CCCCC1)C2=O. The van der Waals surface area contributed by atoms with Gasteiger partial charge in [0.05, 0.1) is 16.7 Å². The third kappa shape index (κ3) is 4.46. The summed E-state index contributed by atoms with van der Waals surface area (Å²) in [5, 5.41) is 2.70. The van der Waals surface area contributed by atoms with E-state index in [1.165, 1.54) is 23.1 Å². The molecule has 2 aliphatic rings. The van der Waals surface area contributed by atoms with Crippen LogP contribution in [0.4, 0.5) is 5.69 Å². The van der Waals surface area contributed by atoms with Crippen molar-refractivity contribution in [3.63, 3.8) is 0 Å². The second-order valence-corrected chi connectivity index (χ2v) is 9.03. The molecule has 0 bridgehead atoms. The number of hydrogen-bond acceptors (Lipinski definition) is 5. The molecule has 1 N–H and O–H groups in total. The number of nitrogens with zero attached hydrogens (tertiary/aromatic N) is 1. The van der Waals surface area contributed by atoms with Crippen molar-refractivity contribution in [2.24, 2.45) is 0 Å². The Morgan fingerprint density at radius 3 is 2.47 bits per heavy atom. The number of aryl methyl sites for hydroxylation is 1. The molecule has 7 nitrogen and oxygen atoms in total. The van der Waals surface area contributed by atoms with Crippen LogP contribution in [0.2, 0.25) is 0 Å². The Bertz CT molecular complexity index is 1110. The average Bonchev–Trinajstić information content (AvgIpc) is 3.04. The Morgan fingerprint density at radius 1 is 1.03 bits per heavy atom. The third-order valence-electron chi connectivity index (χ3n) is 5.89. The quantitative estimate of drug-likeness (QED) is 0.484. The van der Waals surface area contributed by atoms with Crippen LogP contribution in [0.5, 0.6) is 0 Å². The van der Waals surface area contributed by atoms with Gasteiger partial charge < -0.3 is 10.1 Å². The lowest BCUT2D eigenvalue weighted by Gasteiger charge is -2.29. The summed E-state index contributed by atoms with van der Waals surface area (Å²) in [5.74, 6) is -1.87. The van der Waals surface area contributed by atoms with Gasteiger partial charge in [-0.3, -0.25) is 19.3 Å². The summed E-state index contributed by atoms with van der Waals surface area (Å²) in [6.45, 7) is 1.39. The number of benzene rings is 2. The fourth-order valence-electron chi connectivity index (χ4n) is 4.23. The number of rotatable bonds is 5. The van der Waals surface area contributed by atoms with E-state index < -0.39 is 18.5 Å². The zero-order valence-electron chi connectivity index (χ0n) is 17.7. The molecule has 0 atom stereocenters. The van der Waals surface area contributed by atoms with Gasteiger partial charge in [-0.2, -0.15) is 0 Å². The number of halogens is 1. The molecule has 32 heavy (non-hydrogen) atoms. The van der Waals surface area contributed by atoms with E-state index in [9.17, 15) is 19.2 Å². The third-order valence-corrected chi connectivity index (χ3v) is 6.38. The predicted molar refractivity (Wildman–Crippen MR) is 122 cm³/mol. The number of imide groups is 1. The van der Waals surface area contributed by atoms with Gasteiger partial charge in [-0.05, 0) is 61.7 Å². The van der Waals surface area contributed by atoms with Crippen LogP contribution in [0.15, 0.2) is 40.9 Å². The summed E-state index contributed by atoms with van der Waals surface area (Å²) in [7, 11) is 0. The van der Waals surface area contributed by atoms with E-state index in [2.05, 4.69) is 21.2 Å². The highest BCUT2D eigenvalue weighted by Gasteiger charge is 2.40. The Kier molecular flexibility index (Phi) is 6.41. The van der Waals surface area contributed by atoms with E-state index in [1.54, 1.807) is 12.1 Å². The van der Waals surface area contributed by atoms with Crippen molar-refractivity contribution in [1.82, 2.24) is 4.90 Å². The fourth-order valence-corrected chi connectivity index (χ4v) is 4.70. The number of nitrogens with one attached hydrogen (secondary N) is 1. The predicted octanol–water partition coefficient (Wildman–Crippen LogP) is 4.48. The number of hydrogen-bond donors (Lipinski definition) is 1. The molecule has 1 aliphatic heterocycles. The maximum Gasteiger partial charge on any atom is 0.338 e. The van der Waals surface area contributed by atoms with Gasteiger partial charge >= 0.3 is 5.97 Å². The minimum absolute atomic E-state index is 0.0858. The number of carbonyl (C=O) groups excluding carboxylic acids is 4. The fraction of sp³-hybridized carbons (Fsp3) is 0.333. The molecule has 0 saturated heterocycles. The topological polar surface area (TPSA) is 92.8 Å². The lowest BCUT2D eigenvalue weighted by Crippen LogP contribution is -2.40. The van der Waals surface area contributed by atoms with Crippen LogP contribution in [-0.2, 0) is 9.53 Å². The molecule has 1 aliphatic carbocycles. The Morgan fingerprint density at radius 2 is 1.75 bits per heavy atom. The first kappa shape index (κ1) is 22.2. The molecule has 0 aromatic heterocycles. The van der Waals surface area contributed by atoms with E-state index in [0.717, 1.165) is 42.1 Å². The summed E-state index contributed by atoms with van der Waals surface area (Å²) >= 11 is 3.36. The minimum atomic E-state index is -0.730. The number of esters is 1. The molecule has 1 fully saturated rings. The summed E-state index contributed by atoms with van der Waals surface area (Å²) in [4.78, 5) is 51.6. The molecular weight excluding hydrogens is 476 g/mol. The first-order valence-electron chi connectivity index (χ1n) is 10.6. The van der Waals surface area contributed by atoms with Crippen molar-refractivity contribution in [3.8, 4) is 0 Å². The van der Waals surface area contributed by atoms with Crippen LogP contribution in [0.3, 0.4) is 0 Å². The van der Waals surface area contributed by atoms with Crippen molar-refractivity contribution in [3.05, 3.63) is 63.1 Å². The van der Waals surface area contributed by atoms with Gasteiger partial charge in [-0.15, -0.1) is 0 Å². The van der Waals surface area contributed by atoms with E-state index in [-0.39, 0.29) is 29.0 Å². The van der Waals surface area contributed by atoms with Gasteiger partial charge in [-0.25, -0.2) is 4.79 Å². The van der Waals surface area contributed by atoms with Crippen molar-refractivity contribution in [1.29, 1.82) is 0 Å². The van der Waals surface area contributed by atoms with Gasteiger partial charge in [-0.1, -0.05) is 35.2 Å². The van der Waals surface area contributed by atoms with Crippen LogP contribution in [0, 0.1) is 6.92 Å². The lowest BCUT2D eigenvalue weighted by molar-refractivity contribution is -0.119. The second kappa shape index (κ2) is 9.24. The van der Waals surface area contributed by atoms with Crippen LogP contribution in [-0.4, -0.2) is 41.2 Å². The van der Waals surface area contributed by atoms with E-state index in [1.807, 2.05) is 13.0 Å². The molecule has 8 heteroatoms. The van der Waals surface area contributed by atoms with E-state index >= 15 is 0 Å². The molecule has 0 unspecified atom stereocenters. The van der Waals surface area contributed by atoms with Crippen LogP contribution < -0.4 is 5.32 Å². The monoisotopic (exact) mass is 498 g/mol. The van der Waals surface area contributed by atoms with E-state index in [0.29, 0.717) is 11.3 Å². The van der Waals surface area contributed by atoms with Crippen molar-refractivity contribution >= 4 is 45.3 Å². The van der Waals surface area contributed by atoms with Crippen molar-refractivity contribution in [2.45, 2.75) is 45.1 Å². The summed E-state index contributed by atoms with van der Waals surface area (Å²) < 4.78 is 6.02. The zero-order valence-corrected chi connectivity index (χ0v) is 19.2. The highest BCUT2D eigenvalue weighted by Crippen LogP contribution is 2.31. The van der Waals surface area contributed by atoms with Crippen LogP contribution >= 0.6 is 15.9 Å². The Balaban J connectivity index is 1.40. The first-order chi connectivity index (χ1) is 15.3. The zero-order chi connectivity index (χ0) is 22.8. The normalized spacial score (nSPS) is 16.1. The van der Waals surface area contributed by atoms with Gasteiger partial charge in [0, 0.05) is 16.2 Å². The molecule has 2 aromatic rings. The molecule has 1 heterocycles. The van der Waals surface area contributed by atoms with Gasteiger partial charge in [0.1, 0.15) is 0 Å². The highest BCUT2D eigenvalue weighted by molar-refractivity contribution is 9.10. The van der Waals surface area contributed by atoms with E-state index in [4.69, 9.17) is 4.74 Å². The highest BCUT2D eigenvalue weighted by atomic mass is 79.9. The molecule has 166 valence electrons. The molecule has 1 saturated carbocycles. The van der Waals surface area contributed by atoms with Gasteiger partial charge in [0.2, 0.25) is 0 Å². The Hall–Kier alpha value is -3.00. The molecular formula is C24H23BrN2O5. The molecule has 3 amide bonds. The maximum absolute atomic E-state index is 12.9. The summed E-state index contributed by atoms with van der Waals surface area (Å²) in [5.41, 5.74) is 2.13. The van der Waals surface area contributed by atoms with Crippen LogP contribution in [0.1, 0.15) is 68.7 Å². The number of anilines is 1. The molecule has 2 aromatic carbocycles. The Labute approximate surface area is 194 Å². The summed E-state index contributed by atoms with van der Waals surface area (Å²) in [6.07, 6.45) is 4.74. The van der Waals surface area contributed by atoms with Crippen molar-refractivity contribution < 1.29 is 23.9 Å². The molecule has 0 radical (unpaired) electrons. The smallest absolute Gasteiger partial charge is 0.338 e. The first-order valence-corrected chi connectivity index (χ1v) is 11.4. The average molecular weight is 499 g/mol. The largest absolute Gasteiger partial charge is 0.452 e. The number of ether oxygens (including phenoxy) is 1. The molecule has 0 spiro atoms. The van der Waals surface area contributed by atoms with Gasteiger partial charge in [0.15, 0.2) is 6.61 Å². The summed E-state index contributed by atoms with van der Waals surface area (Å²) in [6, 6.07) is 9.65.